The van der Waals surface area contributed by atoms with Crippen LogP contribution in [0.5, 0.6) is 0 Å². The van der Waals surface area contributed by atoms with E-state index in [4.69, 9.17) is 26.4 Å². The first kappa shape index (κ1) is 26.8. The first-order chi connectivity index (χ1) is 14.1. The smallest absolute Gasteiger partial charge is 0.142 e. The van der Waals surface area contributed by atoms with Gasteiger partial charge in [-0.25, -0.2) is 0 Å². The monoisotopic (exact) mass is 529 g/mol. The Bertz CT molecular complexity index is 702. The summed E-state index contributed by atoms with van der Waals surface area (Å²) in [4.78, 5) is 0. The molecule has 4 unspecified atom stereocenters. The Kier molecular flexibility index (Phi) is 11.8. The van der Waals surface area contributed by atoms with E-state index in [1.165, 1.54) is 0 Å². The Morgan fingerprint density at radius 3 is 2.67 bits per heavy atom. The number of hydrogen-bond donors (Lipinski definition) is 2. The largest absolute Gasteiger partial charge is 0.495 e. The number of alkyl halides is 1. The summed E-state index contributed by atoms with van der Waals surface area (Å²) >= 11 is 2.22. The third-order valence-electron chi connectivity index (χ3n) is 5.13. The van der Waals surface area contributed by atoms with Crippen molar-refractivity contribution in [3.8, 4) is 12.3 Å². The Labute approximate surface area is 195 Å². The van der Waals surface area contributed by atoms with E-state index in [1.807, 2.05) is 32.1 Å². The predicted octanol–water partition coefficient (Wildman–Crippen LogP) is 4.33. The summed E-state index contributed by atoms with van der Waals surface area (Å²) in [6.45, 7) is 11.9. The molecular weight excluding hydrogens is 493 g/mol. The van der Waals surface area contributed by atoms with Gasteiger partial charge in [0.1, 0.15) is 29.2 Å². The minimum Gasteiger partial charge on any atom is -0.495 e. The molecule has 1 aliphatic carbocycles. The average molecular weight is 529 g/mol. The summed E-state index contributed by atoms with van der Waals surface area (Å²) in [5.74, 6) is 4.83. The van der Waals surface area contributed by atoms with Crippen LogP contribution in [0.15, 0.2) is 47.5 Å². The first-order valence-electron chi connectivity index (χ1n) is 10.3. The van der Waals surface area contributed by atoms with Crippen molar-refractivity contribution < 1.29 is 19.3 Å². The summed E-state index contributed by atoms with van der Waals surface area (Å²) in [7, 11) is 0. The number of rotatable bonds is 12. The van der Waals surface area contributed by atoms with E-state index in [9.17, 15) is 5.11 Å². The van der Waals surface area contributed by atoms with Crippen LogP contribution in [-0.2, 0) is 14.2 Å². The van der Waals surface area contributed by atoms with Crippen LogP contribution in [-0.4, -0.2) is 41.7 Å². The maximum atomic E-state index is 9.59. The van der Waals surface area contributed by atoms with Gasteiger partial charge in [-0.05, 0) is 72.6 Å². The van der Waals surface area contributed by atoms with E-state index in [0.717, 1.165) is 17.1 Å². The van der Waals surface area contributed by atoms with Crippen LogP contribution in [0.4, 0.5) is 0 Å². The lowest BCUT2D eigenvalue weighted by Crippen LogP contribution is -2.31. The van der Waals surface area contributed by atoms with Crippen molar-refractivity contribution in [3.63, 3.8) is 0 Å². The summed E-state index contributed by atoms with van der Waals surface area (Å²) in [6, 6.07) is 0. The molecule has 0 aromatic heterocycles. The predicted molar refractivity (Wildman–Crippen MR) is 131 cm³/mol. The average Bonchev–Trinajstić information content (AvgIpc) is 2.70. The molecule has 0 radical (unpaired) electrons. The van der Waals surface area contributed by atoms with Crippen LogP contribution in [0.2, 0.25) is 0 Å². The van der Waals surface area contributed by atoms with Gasteiger partial charge in [-0.2, -0.15) is 0 Å². The van der Waals surface area contributed by atoms with Gasteiger partial charge in [-0.3, -0.25) is 0 Å². The number of halogens is 1. The Morgan fingerprint density at radius 1 is 1.40 bits per heavy atom. The highest BCUT2D eigenvalue weighted by Crippen LogP contribution is 2.42. The molecule has 0 bridgehead atoms. The molecule has 6 heteroatoms. The number of hydrogen-bond acceptors (Lipinski definition) is 5. The van der Waals surface area contributed by atoms with Crippen molar-refractivity contribution in [2.24, 2.45) is 23.0 Å². The van der Waals surface area contributed by atoms with Gasteiger partial charge in [0, 0.05) is 24.1 Å². The molecule has 168 valence electrons. The molecule has 0 saturated carbocycles. The Balaban J connectivity index is 2.84. The number of ether oxygens (including phenoxy) is 3. The Hall–Kier alpha value is -1.27. The zero-order valence-corrected chi connectivity index (χ0v) is 20.9. The van der Waals surface area contributed by atoms with E-state index in [1.54, 1.807) is 0 Å². The minimum atomic E-state index is -0.659. The van der Waals surface area contributed by atoms with Gasteiger partial charge in [0.2, 0.25) is 0 Å². The van der Waals surface area contributed by atoms with Crippen molar-refractivity contribution in [1.29, 1.82) is 0 Å². The Morgan fingerprint density at radius 2 is 2.10 bits per heavy atom. The molecule has 0 aromatic rings. The van der Waals surface area contributed by atoms with Crippen LogP contribution in [0.3, 0.4) is 0 Å². The van der Waals surface area contributed by atoms with Gasteiger partial charge in [-0.15, -0.1) is 6.42 Å². The van der Waals surface area contributed by atoms with E-state index in [2.05, 4.69) is 61.4 Å². The van der Waals surface area contributed by atoms with Crippen molar-refractivity contribution in [3.05, 3.63) is 47.5 Å². The fourth-order valence-corrected chi connectivity index (χ4v) is 3.89. The van der Waals surface area contributed by atoms with E-state index in [-0.39, 0.29) is 34.5 Å². The van der Waals surface area contributed by atoms with Crippen molar-refractivity contribution in [1.82, 2.24) is 0 Å². The fourth-order valence-electron chi connectivity index (χ4n) is 3.35. The quantitative estimate of drug-likeness (QED) is 0.130. The highest BCUT2D eigenvalue weighted by molar-refractivity contribution is 14.1. The third-order valence-corrected chi connectivity index (χ3v) is 5.85. The molecule has 1 aliphatic rings. The maximum Gasteiger partial charge on any atom is 0.142 e. The van der Waals surface area contributed by atoms with Crippen LogP contribution < -0.4 is 5.73 Å². The number of nitrogens with two attached hydrogens (primary N) is 1. The minimum absolute atomic E-state index is 0.0193. The fraction of sp³-hybridized carbons (Fsp3) is 0.583. The van der Waals surface area contributed by atoms with Crippen LogP contribution >= 0.6 is 22.6 Å². The van der Waals surface area contributed by atoms with Gasteiger partial charge in [-0.1, -0.05) is 32.8 Å². The van der Waals surface area contributed by atoms with E-state index < -0.39 is 6.10 Å². The van der Waals surface area contributed by atoms with E-state index in [0.29, 0.717) is 13.2 Å². The zero-order chi connectivity index (χ0) is 22.7. The molecule has 3 N–H and O–H groups in total. The summed E-state index contributed by atoms with van der Waals surface area (Å²) in [5, 5.41) is 9.59. The topological polar surface area (TPSA) is 73.9 Å². The molecule has 0 aliphatic heterocycles. The summed E-state index contributed by atoms with van der Waals surface area (Å²) in [6.07, 6.45) is 15.2. The molecule has 1 rings (SSSR count). The van der Waals surface area contributed by atoms with Gasteiger partial charge in [0.05, 0.1) is 5.76 Å². The lowest BCUT2D eigenvalue weighted by Gasteiger charge is -2.37. The lowest BCUT2D eigenvalue weighted by atomic mass is 9.66. The zero-order valence-electron chi connectivity index (χ0n) is 18.7. The molecule has 0 amide bonds. The number of aliphatic hydroxyl groups excluding tert-OH is 1. The number of terminal acetylenes is 1. The molecule has 0 heterocycles. The second-order valence-electron chi connectivity index (χ2n) is 7.91. The van der Waals surface area contributed by atoms with Gasteiger partial charge in [0.15, 0.2) is 0 Å². The molecule has 0 aromatic carbocycles. The normalized spacial score (nSPS) is 22.2. The molecule has 4 atom stereocenters. The molecule has 5 nitrogen and oxygen atoms in total. The van der Waals surface area contributed by atoms with Gasteiger partial charge in [0.25, 0.3) is 0 Å². The molecule has 30 heavy (non-hydrogen) atoms. The highest BCUT2D eigenvalue weighted by Gasteiger charge is 2.35. The van der Waals surface area contributed by atoms with E-state index >= 15 is 0 Å². The molecule has 0 spiro atoms. The number of aliphatic hydroxyl groups is 1. The standard InChI is InChI=1S/C24H36INO4/c1-7-19(10-9-18(4)29-16-23(25)28-8-2)24(5,6)22-12-11-21(13-17(22)3)30-15-20(27)14-26/h1,9-13,17,20,22-23,27H,8,14-16,26H2,2-6H3/b18-9+,19-10+. The molecule has 0 saturated heterocycles. The van der Waals surface area contributed by atoms with Crippen molar-refractivity contribution >= 4 is 22.6 Å². The first-order valence-corrected chi connectivity index (χ1v) is 11.5. The van der Waals surface area contributed by atoms with Gasteiger partial charge >= 0.3 is 0 Å². The summed E-state index contributed by atoms with van der Waals surface area (Å²) in [5.41, 5.74) is 6.08. The molecular formula is C24H36INO4. The third kappa shape index (κ3) is 8.46. The highest BCUT2D eigenvalue weighted by atomic mass is 127. The van der Waals surface area contributed by atoms with Crippen molar-refractivity contribution in [2.75, 3.05) is 26.4 Å². The summed E-state index contributed by atoms with van der Waals surface area (Å²) < 4.78 is 16.9. The maximum absolute atomic E-state index is 9.59. The SMILES string of the molecule is C#C/C(=C\C=C(/C)OCC(I)OCC)C(C)(C)C1C=CC(OCC(O)CN)=CC1C. The second kappa shape index (κ2) is 13.2. The van der Waals surface area contributed by atoms with Crippen LogP contribution in [0, 0.1) is 29.6 Å². The number of allylic oxidation sites excluding steroid dienone is 7. The second-order valence-corrected chi connectivity index (χ2v) is 9.30. The van der Waals surface area contributed by atoms with Gasteiger partial charge < -0.3 is 25.1 Å². The lowest BCUT2D eigenvalue weighted by molar-refractivity contribution is 0.0713. The van der Waals surface area contributed by atoms with Crippen LogP contribution in [0.1, 0.15) is 34.6 Å². The van der Waals surface area contributed by atoms with Crippen molar-refractivity contribution in [2.45, 2.75) is 44.8 Å². The van der Waals surface area contributed by atoms with Crippen LogP contribution in [0.25, 0.3) is 0 Å². The molecule has 0 fully saturated rings.